The number of benzene rings is 2. The largest absolute Gasteiger partial charge is 0.506 e. The molecule has 0 aliphatic heterocycles. The Labute approximate surface area is 244 Å². The third-order valence-electron chi connectivity index (χ3n) is 7.06. The molecule has 41 heavy (non-hydrogen) atoms. The minimum Gasteiger partial charge on any atom is -0.506 e. The molecule has 1 atom stereocenters. The van der Waals surface area contributed by atoms with Crippen LogP contribution in [0.3, 0.4) is 0 Å². The van der Waals surface area contributed by atoms with Crippen molar-refractivity contribution < 1.29 is 14.6 Å². The Morgan fingerprint density at radius 2 is 1.90 bits per heavy atom. The zero-order valence-electron chi connectivity index (χ0n) is 24.9. The lowest BCUT2D eigenvalue weighted by atomic mass is 9.94. The molecule has 2 aromatic carbocycles. The normalized spacial score (nSPS) is 12.2. The van der Waals surface area contributed by atoms with Crippen LogP contribution in [0.4, 0.5) is 0 Å². The summed E-state index contributed by atoms with van der Waals surface area (Å²) in [5.74, 6) is 0.718. The van der Waals surface area contributed by atoms with Gasteiger partial charge in [-0.15, -0.1) is 0 Å². The second-order valence-electron chi connectivity index (χ2n) is 10.6. The van der Waals surface area contributed by atoms with E-state index in [0.717, 1.165) is 60.2 Å². The molecule has 7 nitrogen and oxygen atoms in total. The number of aromatic hydroxyl groups is 1. The number of nitrogens with one attached hydrogen (secondary N) is 1. The monoisotopic (exact) mass is 556 g/mol. The van der Waals surface area contributed by atoms with E-state index < -0.39 is 0 Å². The lowest BCUT2D eigenvalue weighted by Crippen LogP contribution is -2.17. The number of nitrogens with zero attached hydrogens (tertiary/aromatic N) is 3. The van der Waals surface area contributed by atoms with Gasteiger partial charge in [0.2, 0.25) is 0 Å². The van der Waals surface area contributed by atoms with Crippen LogP contribution in [0, 0.1) is 5.92 Å². The predicted molar refractivity (Wildman–Crippen MR) is 170 cm³/mol. The Hall–Kier alpha value is -3.97. The zero-order valence-corrected chi connectivity index (χ0v) is 24.9. The maximum Gasteiger partial charge on any atom is 0.162 e. The van der Waals surface area contributed by atoms with E-state index in [1.165, 1.54) is 0 Å². The molecule has 0 aliphatic rings. The quantitative estimate of drug-likeness (QED) is 0.0781. The molecule has 1 aromatic heterocycles. The summed E-state index contributed by atoms with van der Waals surface area (Å²) < 4.78 is 7.00. The summed E-state index contributed by atoms with van der Waals surface area (Å²) in [5.41, 5.74) is 5.66. The van der Waals surface area contributed by atoms with Gasteiger partial charge in [0.15, 0.2) is 5.78 Å². The second kappa shape index (κ2) is 15.7. The highest BCUT2D eigenvalue weighted by atomic mass is 16.5. The van der Waals surface area contributed by atoms with Crippen LogP contribution in [0.15, 0.2) is 73.0 Å². The molecular formula is C34H44N4O3. The van der Waals surface area contributed by atoms with Crippen molar-refractivity contribution in [3.8, 4) is 5.75 Å². The third kappa shape index (κ3) is 9.02. The van der Waals surface area contributed by atoms with Crippen LogP contribution in [0.2, 0.25) is 0 Å². The molecule has 3 rings (SSSR count). The van der Waals surface area contributed by atoms with Crippen molar-refractivity contribution in [1.29, 1.82) is 0 Å². The molecule has 0 saturated heterocycles. The fraction of sp³-hybridized carbons (Fsp3) is 0.382. The van der Waals surface area contributed by atoms with Gasteiger partial charge >= 0.3 is 0 Å². The van der Waals surface area contributed by atoms with E-state index in [9.17, 15) is 9.90 Å². The van der Waals surface area contributed by atoms with Crippen molar-refractivity contribution in [3.05, 3.63) is 84.7 Å². The number of phenolic OH excluding ortho intramolecular Hbond substituents is 1. The number of fused-ring (bicyclic) bond motifs is 1. The molecular weight excluding hydrogens is 512 g/mol. The lowest BCUT2D eigenvalue weighted by Gasteiger charge is -2.16. The average Bonchev–Trinajstić information content (AvgIpc) is 3.37. The number of hydrogen-bond donors (Lipinski definition) is 2. The van der Waals surface area contributed by atoms with E-state index in [0.29, 0.717) is 42.1 Å². The number of carbonyl (C=O) groups excluding carboxylic acids is 1. The summed E-state index contributed by atoms with van der Waals surface area (Å²) in [5, 5.41) is 19.5. The molecule has 0 spiro atoms. The first-order chi connectivity index (χ1) is 19.8. The van der Waals surface area contributed by atoms with E-state index in [1.807, 2.05) is 61.1 Å². The summed E-state index contributed by atoms with van der Waals surface area (Å²) in [6.45, 7) is 15.9. The van der Waals surface area contributed by atoms with Crippen LogP contribution < -0.4 is 5.32 Å². The van der Waals surface area contributed by atoms with Crippen molar-refractivity contribution in [3.63, 3.8) is 0 Å². The maximum atomic E-state index is 12.9. The van der Waals surface area contributed by atoms with Gasteiger partial charge in [-0.1, -0.05) is 56.8 Å². The average molecular weight is 557 g/mol. The molecule has 0 amide bonds. The van der Waals surface area contributed by atoms with Crippen molar-refractivity contribution in [1.82, 2.24) is 15.1 Å². The maximum absolute atomic E-state index is 12.9. The SMILES string of the molecule is C=C/C(=C\N=C(C)C)c1ccc(C(=O)CCCC(CCC)Cn2cc3c(O)c(C(=C)NCCOC)ccc3n2)cc1. The number of ether oxygens (including phenoxy) is 1. The molecule has 7 heteroatoms. The first-order valence-corrected chi connectivity index (χ1v) is 14.4. The molecule has 0 bridgehead atoms. The zero-order chi connectivity index (χ0) is 29.8. The second-order valence-corrected chi connectivity index (χ2v) is 10.6. The number of methoxy groups -OCH3 is 1. The lowest BCUT2D eigenvalue weighted by molar-refractivity contribution is 0.0977. The topological polar surface area (TPSA) is 88.7 Å². The number of carbonyl (C=O) groups is 1. The van der Waals surface area contributed by atoms with Gasteiger partial charge in [-0.25, -0.2) is 0 Å². The van der Waals surface area contributed by atoms with Crippen LogP contribution in [0.5, 0.6) is 5.75 Å². The number of rotatable bonds is 17. The Morgan fingerprint density at radius 1 is 1.17 bits per heavy atom. The minimum absolute atomic E-state index is 0.153. The molecule has 1 unspecified atom stereocenters. The van der Waals surface area contributed by atoms with E-state index in [2.05, 4.69) is 30.4 Å². The van der Waals surface area contributed by atoms with Crippen molar-refractivity contribution in [2.75, 3.05) is 20.3 Å². The van der Waals surface area contributed by atoms with Crippen molar-refractivity contribution in [2.45, 2.75) is 59.4 Å². The standard InChI is InChI=1S/C34H44N4O3/c1-7-10-26(11-9-12-33(39)29-15-13-28(14-16-29)27(8-2)21-36-24(3)4)22-38-23-31-32(37-38)18-17-30(34(31)40)25(5)35-19-20-41-6/h8,13-18,21,23,26,35,40H,2,5,7,9-12,19-20,22H2,1,3-4,6H3/b27-21+. The highest BCUT2D eigenvalue weighted by Gasteiger charge is 2.16. The summed E-state index contributed by atoms with van der Waals surface area (Å²) in [7, 11) is 1.65. The van der Waals surface area contributed by atoms with E-state index >= 15 is 0 Å². The van der Waals surface area contributed by atoms with Crippen LogP contribution in [-0.2, 0) is 11.3 Å². The summed E-state index contributed by atoms with van der Waals surface area (Å²) in [6, 6.07) is 11.4. The van der Waals surface area contributed by atoms with Gasteiger partial charge in [0.1, 0.15) is 5.75 Å². The Bertz CT molecular complexity index is 1400. The van der Waals surface area contributed by atoms with Gasteiger partial charge in [-0.3, -0.25) is 14.5 Å². The van der Waals surface area contributed by atoms with E-state index in [1.54, 1.807) is 19.4 Å². The fourth-order valence-electron chi connectivity index (χ4n) is 4.85. The Balaban J connectivity index is 1.60. The smallest absolute Gasteiger partial charge is 0.162 e. The number of Topliss-reactive ketones (excluding diaryl/α,β-unsaturated/α-hetero) is 1. The number of aliphatic imine (C=N–C) groups is 1. The molecule has 0 aliphatic carbocycles. The number of allylic oxidation sites excluding steroid dienone is 2. The van der Waals surface area contributed by atoms with Crippen LogP contribution in [0.1, 0.15) is 74.4 Å². The van der Waals surface area contributed by atoms with Gasteiger partial charge in [0.05, 0.1) is 17.5 Å². The third-order valence-corrected chi connectivity index (χ3v) is 7.06. The first kappa shape index (κ1) is 31.6. The first-order valence-electron chi connectivity index (χ1n) is 14.4. The van der Waals surface area contributed by atoms with Gasteiger partial charge in [-0.2, -0.15) is 5.10 Å². The number of ketones is 1. The van der Waals surface area contributed by atoms with Crippen molar-refractivity contribution >= 4 is 33.7 Å². The molecule has 1 heterocycles. The Morgan fingerprint density at radius 3 is 2.56 bits per heavy atom. The number of aromatic nitrogens is 2. The highest BCUT2D eigenvalue weighted by Crippen LogP contribution is 2.32. The van der Waals surface area contributed by atoms with E-state index in [4.69, 9.17) is 9.84 Å². The molecule has 218 valence electrons. The molecule has 2 N–H and O–H groups in total. The predicted octanol–water partition coefficient (Wildman–Crippen LogP) is 7.43. The highest BCUT2D eigenvalue weighted by molar-refractivity contribution is 5.96. The summed E-state index contributed by atoms with van der Waals surface area (Å²) in [4.78, 5) is 17.3. The van der Waals surface area contributed by atoms with Gasteiger partial charge in [-0.05, 0) is 62.3 Å². The van der Waals surface area contributed by atoms with E-state index in [-0.39, 0.29) is 11.5 Å². The van der Waals surface area contributed by atoms with Crippen LogP contribution in [0.25, 0.3) is 22.2 Å². The Kier molecular flexibility index (Phi) is 12.1. The summed E-state index contributed by atoms with van der Waals surface area (Å²) in [6.07, 6.45) is 9.85. The minimum atomic E-state index is 0.153. The van der Waals surface area contributed by atoms with Crippen molar-refractivity contribution in [2.24, 2.45) is 10.9 Å². The summed E-state index contributed by atoms with van der Waals surface area (Å²) >= 11 is 0. The molecule has 0 saturated carbocycles. The number of phenols is 1. The molecule has 0 radical (unpaired) electrons. The fourth-order valence-corrected chi connectivity index (χ4v) is 4.85. The molecule has 3 aromatic rings. The van der Waals surface area contributed by atoms with Gasteiger partial charge < -0.3 is 15.2 Å². The number of hydrogen-bond acceptors (Lipinski definition) is 6. The van der Waals surface area contributed by atoms with Gasteiger partial charge in [0, 0.05) is 61.6 Å². The van der Waals surface area contributed by atoms with Crippen LogP contribution >= 0.6 is 0 Å². The van der Waals surface area contributed by atoms with Gasteiger partial charge in [0.25, 0.3) is 0 Å². The van der Waals surface area contributed by atoms with Crippen LogP contribution in [-0.4, -0.2) is 46.6 Å². The molecule has 0 fully saturated rings.